The first-order chi connectivity index (χ1) is 13.5. The molecule has 4 nitrogen and oxygen atoms in total. The van der Waals surface area contributed by atoms with E-state index in [1.165, 1.54) is 16.7 Å². The normalized spacial score (nSPS) is 25.4. The summed E-state index contributed by atoms with van der Waals surface area (Å²) in [6, 6.07) is 15.1. The van der Waals surface area contributed by atoms with Crippen LogP contribution >= 0.6 is 0 Å². The Balaban J connectivity index is 1.25. The molecule has 0 radical (unpaired) electrons. The molecule has 1 atom stereocenters. The third-order valence-electron chi connectivity index (χ3n) is 6.94. The largest absolute Gasteiger partial charge is 0.508 e. The molecule has 1 unspecified atom stereocenters. The van der Waals surface area contributed by atoms with Crippen LogP contribution in [0.25, 0.3) is 0 Å². The standard InChI is InChI=1S/C24H30N2O2/c1-23(2)20-7-3-4-8-21(20)24(28-23)10-12-26(13-11-24)16-18-14-17-6-5-9-22(27)19(17)15-25-18/h3-9,18,25,27H,10-16H2,1-2H3. The van der Waals surface area contributed by atoms with Crippen molar-refractivity contribution in [3.63, 3.8) is 0 Å². The van der Waals surface area contributed by atoms with E-state index in [-0.39, 0.29) is 11.2 Å². The number of piperidine rings is 1. The first kappa shape index (κ1) is 18.2. The number of nitrogens with zero attached hydrogens (tertiary/aromatic N) is 1. The summed E-state index contributed by atoms with van der Waals surface area (Å²) in [6.45, 7) is 8.34. The van der Waals surface area contributed by atoms with Crippen molar-refractivity contribution in [3.8, 4) is 5.75 Å². The van der Waals surface area contributed by atoms with Gasteiger partial charge in [0.15, 0.2) is 0 Å². The van der Waals surface area contributed by atoms with Gasteiger partial charge in [-0.1, -0.05) is 36.4 Å². The van der Waals surface area contributed by atoms with Gasteiger partial charge in [-0.3, -0.25) is 0 Å². The lowest BCUT2D eigenvalue weighted by Crippen LogP contribution is -2.50. The fraction of sp³-hybridized carbons (Fsp3) is 0.500. The van der Waals surface area contributed by atoms with Crippen molar-refractivity contribution in [2.24, 2.45) is 0 Å². The maximum atomic E-state index is 10.0. The monoisotopic (exact) mass is 378 g/mol. The van der Waals surface area contributed by atoms with E-state index in [4.69, 9.17) is 4.74 Å². The molecule has 0 aliphatic carbocycles. The number of hydrogen-bond acceptors (Lipinski definition) is 4. The summed E-state index contributed by atoms with van der Waals surface area (Å²) in [5, 5.41) is 13.7. The van der Waals surface area contributed by atoms with Gasteiger partial charge in [0.25, 0.3) is 0 Å². The van der Waals surface area contributed by atoms with Crippen LogP contribution in [0.2, 0.25) is 0 Å². The summed E-state index contributed by atoms with van der Waals surface area (Å²) in [7, 11) is 0. The van der Waals surface area contributed by atoms with Gasteiger partial charge in [0.05, 0.1) is 11.2 Å². The number of fused-ring (bicyclic) bond motifs is 3. The van der Waals surface area contributed by atoms with Gasteiger partial charge in [-0.25, -0.2) is 0 Å². The molecule has 2 aromatic rings. The van der Waals surface area contributed by atoms with E-state index in [0.717, 1.165) is 51.0 Å². The van der Waals surface area contributed by atoms with Crippen molar-refractivity contribution in [1.29, 1.82) is 0 Å². The molecule has 3 aliphatic rings. The third-order valence-corrected chi connectivity index (χ3v) is 6.94. The van der Waals surface area contributed by atoms with Gasteiger partial charge in [0.2, 0.25) is 0 Å². The van der Waals surface area contributed by atoms with Crippen molar-refractivity contribution in [1.82, 2.24) is 10.2 Å². The number of rotatable bonds is 2. The highest BCUT2D eigenvalue weighted by molar-refractivity contribution is 5.42. The van der Waals surface area contributed by atoms with Gasteiger partial charge in [0.1, 0.15) is 5.75 Å². The lowest BCUT2D eigenvalue weighted by atomic mass is 9.82. The van der Waals surface area contributed by atoms with Crippen LogP contribution in [0, 0.1) is 0 Å². The minimum Gasteiger partial charge on any atom is -0.508 e. The van der Waals surface area contributed by atoms with Gasteiger partial charge in [-0.05, 0) is 55.9 Å². The van der Waals surface area contributed by atoms with E-state index < -0.39 is 0 Å². The smallest absolute Gasteiger partial charge is 0.120 e. The second-order valence-electron chi connectivity index (χ2n) is 9.15. The molecule has 4 heteroatoms. The van der Waals surface area contributed by atoms with E-state index in [0.29, 0.717) is 11.8 Å². The van der Waals surface area contributed by atoms with Crippen LogP contribution < -0.4 is 5.32 Å². The third kappa shape index (κ3) is 2.95. The van der Waals surface area contributed by atoms with Crippen molar-refractivity contribution in [2.75, 3.05) is 19.6 Å². The zero-order valence-corrected chi connectivity index (χ0v) is 16.9. The zero-order chi connectivity index (χ0) is 19.4. The number of hydrogen-bond donors (Lipinski definition) is 2. The maximum absolute atomic E-state index is 10.0. The summed E-state index contributed by atoms with van der Waals surface area (Å²) in [6.07, 6.45) is 3.09. The number of likely N-dealkylation sites (tertiary alicyclic amines) is 1. The van der Waals surface area contributed by atoms with Gasteiger partial charge in [0, 0.05) is 37.8 Å². The van der Waals surface area contributed by atoms with E-state index >= 15 is 0 Å². The van der Waals surface area contributed by atoms with Crippen LogP contribution in [0.5, 0.6) is 5.75 Å². The van der Waals surface area contributed by atoms with Crippen LogP contribution in [0.3, 0.4) is 0 Å². The first-order valence-corrected chi connectivity index (χ1v) is 10.5. The molecule has 5 rings (SSSR count). The molecule has 148 valence electrons. The fourth-order valence-electron chi connectivity index (χ4n) is 5.51. The summed E-state index contributed by atoms with van der Waals surface area (Å²) >= 11 is 0. The Labute approximate surface area is 167 Å². The Bertz CT molecular complexity index is 884. The van der Waals surface area contributed by atoms with Crippen LogP contribution in [0.1, 0.15) is 48.9 Å². The molecule has 0 amide bonds. The number of phenolic OH excluding ortho intramolecular Hbond substituents is 1. The Kier molecular flexibility index (Phi) is 4.27. The average molecular weight is 379 g/mol. The molecule has 1 spiro atoms. The predicted molar refractivity (Wildman–Crippen MR) is 110 cm³/mol. The van der Waals surface area contributed by atoms with Crippen molar-refractivity contribution >= 4 is 0 Å². The second-order valence-corrected chi connectivity index (χ2v) is 9.15. The molecule has 3 heterocycles. The molecule has 2 aromatic carbocycles. The second kappa shape index (κ2) is 6.58. The topological polar surface area (TPSA) is 44.7 Å². The summed E-state index contributed by atoms with van der Waals surface area (Å²) in [4.78, 5) is 2.58. The molecular weight excluding hydrogens is 348 g/mol. The van der Waals surface area contributed by atoms with E-state index in [9.17, 15) is 5.11 Å². The van der Waals surface area contributed by atoms with Crippen molar-refractivity contribution in [2.45, 2.75) is 56.9 Å². The summed E-state index contributed by atoms with van der Waals surface area (Å²) in [5.74, 6) is 0.419. The number of ether oxygens (including phenoxy) is 1. The van der Waals surface area contributed by atoms with E-state index in [2.05, 4.69) is 54.4 Å². The molecular formula is C24H30N2O2. The molecule has 1 fully saturated rings. The molecule has 28 heavy (non-hydrogen) atoms. The molecule has 0 aromatic heterocycles. The minimum absolute atomic E-state index is 0.116. The fourth-order valence-corrected chi connectivity index (χ4v) is 5.51. The lowest BCUT2D eigenvalue weighted by molar-refractivity contribution is -0.150. The maximum Gasteiger partial charge on any atom is 0.120 e. The zero-order valence-electron chi connectivity index (χ0n) is 16.9. The molecule has 1 saturated heterocycles. The Morgan fingerprint density at radius 1 is 1.07 bits per heavy atom. The van der Waals surface area contributed by atoms with Crippen LogP contribution in [0.4, 0.5) is 0 Å². The van der Waals surface area contributed by atoms with Gasteiger partial charge >= 0.3 is 0 Å². The molecule has 3 aliphatic heterocycles. The number of aromatic hydroxyl groups is 1. The van der Waals surface area contributed by atoms with Crippen LogP contribution in [-0.2, 0) is 28.9 Å². The quantitative estimate of drug-likeness (QED) is 0.837. The predicted octanol–water partition coefficient (Wildman–Crippen LogP) is 3.66. The minimum atomic E-state index is -0.199. The SMILES string of the molecule is CC1(C)OC2(CCN(CC3Cc4cccc(O)c4CN3)CC2)c2ccccc21. The van der Waals surface area contributed by atoms with E-state index in [1.807, 2.05) is 6.07 Å². The Morgan fingerprint density at radius 3 is 2.61 bits per heavy atom. The average Bonchev–Trinajstić information content (AvgIpc) is 2.91. The Hall–Kier alpha value is -1.88. The van der Waals surface area contributed by atoms with Crippen molar-refractivity contribution in [3.05, 3.63) is 64.7 Å². The number of benzene rings is 2. The highest BCUT2D eigenvalue weighted by Crippen LogP contribution is 2.51. The summed E-state index contributed by atoms with van der Waals surface area (Å²) in [5.41, 5.74) is 4.79. The van der Waals surface area contributed by atoms with E-state index in [1.54, 1.807) is 6.07 Å². The van der Waals surface area contributed by atoms with Crippen molar-refractivity contribution < 1.29 is 9.84 Å². The number of nitrogens with one attached hydrogen (secondary N) is 1. The van der Waals surface area contributed by atoms with Crippen LogP contribution in [0.15, 0.2) is 42.5 Å². The lowest BCUT2D eigenvalue weighted by Gasteiger charge is -2.42. The van der Waals surface area contributed by atoms with Gasteiger partial charge < -0.3 is 20.1 Å². The first-order valence-electron chi connectivity index (χ1n) is 10.5. The molecule has 2 N–H and O–H groups in total. The number of phenols is 1. The van der Waals surface area contributed by atoms with Crippen LogP contribution in [-0.4, -0.2) is 35.7 Å². The highest BCUT2D eigenvalue weighted by Gasteiger charge is 2.49. The van der Waals surface area contributed by atoms with Gasteiger partial charge in [-0.2, -0.15) is 0 Å². The molecule has 0 bridgehead atoms. The highest BCUT2D eigenvalue weighted by atomic mass is 16.5. The van der Waals surface area contributed by atoms with Gasteiger partial charge in [-0.15, -0.1) is 0 Å². The Morgan fingerprint density at radius 2 is 1.82 bits per heavy atom. The molecule has 0 saturated carbocycles. The summed E-state index contributed by atoms with van der Waals surface area (Å²) < 4.78 is 6.68.